The highest BCUT2D eigenvalue weighted by molar-refractivity contribution is 5.71. The Balaban J connectivity index is 1.21. The molecule has 0 aromatic heterocycles. The number of rotatable bonds is 31. The molecule has 1 unspecified atom stereocenters. The predicted octanol–water partition coefficient (Wildman–Crippen LogP) is 0.831. The van der Waals surface area contributed by atoms with Crippen molar-refractivity contribution in [3.63, 3.8) is 0 Å². The zero-order chi connectivity index (χ0) is 85.3. The van der Waals surface area contributed by atoms with Crippen LogP contribution in [0.3, 0.4) is 0 Å². The first kappa shape index (κ1) is 91.1. The van der Waals surface area contributed by atoms with Crippen LogP contribution in [0.1, 0.15) is 109 Å². The minimum absolute atomic E-state index is 0.154. The Morgan fingerprint density at radius 2 is 0.595 bits per heavy atom. The Hall–Kier alpha value is -10.4. The molecule has 6 aliphatic heterocycles. The van der Waals surface area contributed by atoms with Crippen molar-refractivity contribution in [2.45, 2.75) is 257 Å². The second kappa shape index (κ2) is 41.4. The molecular weight excluding hydrogens is 1570 g/mol. The summed E-state index contributed by atoms with van der Waals surface area (Å²) in [6, 6.07) is 10.9. The quantitative estimate of drug-likeness (QED) is 0.0436. The first-order valence-corrected chi connectivity index (χ1v) is 35.7. The van der Waals surface area contributed by atoms with Crippen LogP contribution in [-0.4, -0.2) is 282 Å². The van der Waals surface area contributed by atoms with Crippen LogP contribution >= 0.6 is 0 Å². The Labute approximate surface area is 659 Å². The zero-order valence-electron chi connectivity index (χ0n) is 65.2. The second-order valence-electron chi connectivity index (χ2n) is 26.5. The number of non-ortho nitro benzene ring substituents is 1. The van der Waals surface area contributed by atoms with Crippen LogP contribution in [0.2, 0.25) is 0 Å². The summed E-state index contributed by atoms with van der Waals surface area (Å²) >= 11 is 0. The van der Waals surface area contributed by atoms with Gasteiger partial charge in [0.05, 0.1) is 18.6 Å². The number of esters is 14. The highest BCUT2D eigenvalue weighted by Gasteiger charge is 2.63. The van der Waals surface area contributed by atoms with Crippen molar-refractivity contribution in [1.29, 1.82) is 0 Å². The number of nitro benzene ring substituents is 1. The topological polar surface area (TPSA) is 531 Å². The van der Waals surface area contributed by atoms with Crippen molar-refractivity contribution >= 4 is 89.3 Å². The fourth-order valence-electron chi connectivity index (χ4n) is 13.1. The molecule has 2 aromatic carbocycles. The predicted molar refractivity (Wildman–Crippen MR) is 365 cm³/mol. The summed E-state index contributed by atoms with van der Waals surface area (Å²) in [6.07, 6.45) is -50.5. The molecule has 44 heteroatoms. The van der Waals surface area contributed by atoms with Crippen molar-refractivity contribution in [3.05, 3.63) is 64.2 Å². The Morgan fingerprint density at radius 1 is 0.328 bits per heavy atom. The van der Waals surface area contributed by atoms with Crippen LogP contribution in [0.4, 0.5) is 5.69 Å². The number of hydrogen-bond donors (Lipinski definition) is 0. The first-order valence-electron chi connectivity index (χ1n) is 35.7. The molecule has 0 amide bonds. The van der Waals surface area contributed by atoms with Crippen LogP contribution in [-0.2, 0) is 186 Å². The molecule has 640 valence electrons. The third-order valence-electron chi connectivity index (χ3n) is 17.3. The number of benzene rings is 2. The van der Waals surface area contributed by atoms with Gasteiger partial charge in [-0.15, -0.1) is 0 Å². The zero-order valence-corrected chi connectivity index (χ0v) is 65.2. The first-order chi connectivity index (χ1) is 54.8. The van der Waals surface area contributed by atoms with Gasteiger partial charge >= 0.3 is 83.6 Å². The SMILES string of the molecule is COc1ccc(C2OC[C@H]3O[C@H](O[C@H]4[C@H](OC(C)=O)[C@@H](OC(C)=O)[C@@H](O[C@H]5[C@H](OC(C)=O)[C@@H](OC(C)=O)[C@@H](O[C@H]6[C@H](OC(C)=O)[C@@H](OC(C)=O)[C@@H](O[C@H]7[C@H](OC(C)=O)[C@@H](OC(C)=O)[C@@H](Oc8ccc([N+](=O)[O-])cc8)O[C@@H]7COC(C)=O)O[C@@H]6COC(C)=O)O[C@@H]5COC(C)=O)O[C@@H]4COC(C)=O)[C@H](OC(C)=O)[C@@H](OC(C)=O)[C@@H]3O2)cc1. The molecule has 44 nitrogen and oxygen atoms in total. The van der Waals surface area contributed by atoms with E-state index < -0.39 is 275 Å². The molecule has 6 aliphatic rings. The number of nitrogens with zero attached hydrogens (tertiary/aromatic N) is 1. The normalized spacial score (nSPS) is 32.0. The van der Waals surface area contributed by atoms with E-state index in [1.807, 2.05) is 0 Å². The largest absolute Gasteiger partial charge is 0.497 e. The number of methoxy groups -OCH3 is 1. The van der Waals surface area contributed by atoms with E-state index in [2.05, 4.69) is 0 Å². The van der Waals surface area contributed by atoms with Gasteiger partial charge in [0, 0.05) is 115 Å². The van der Waals surface area contributed by atoms with E-state index in [0.29, 0.717) is 11.3 Å². The standard InChI is InChI=1S/C72H89NO43/c1-29(74)91-24-47-53(58(97-34(6)79)62(101-38(10)83)68(107-47)106-46-22-18-44(19-23-46)73(88)89)113-69-64(103-40(12)85)59(98-35(7)80)54(48(108-69)25-92-30(2)75)114-70-65(104-41(13)86)60(99-36(8)81)55(49(109-70)26-93-31(3)76)115-71-66(105-42(14)87)61(100-37(9)82)56(50(110-71)27-94-32(4)77)116-72-63(102-39(11)84)57(96-33(5)78)52-51(111-72)28-95-67(112-52)43-16-20-45(90-15)21-17-43/h16-23,47-72H,24-28H2,1-15H3/t47-,48-,49-,50-,51-,52-,53-,54-,55-,56-,57+,58+,59+,60+,61+,62-,63-,64-,65-,66-,67?,68+,69-,70-,71-,72-/m1/s1. The molecule has 0 bridgehead atoms. The number of carbonyl (C=O) groups is 14. The van der Waals surface area contributed by atoms with Crippen molar-refractivity contribution < 1.29 is 200 Å². The van der Waals surface area contributed by atoms with Gasteiger partial charge in [0.25, 0.3) is 5.69 Å². The summed E-state index contributed by atoms with van der Waals surface area (Å²) in [5, 5.41) is 11.6. The highest BCUT2D eigenvalue weighted by atomic mass is 16.8. The minimum atomic E-state index is -2.33. The van der Waals surface area contributed by atoms with Crippen molar-refractivity contribution in [2.24, 2.45) is 0 Å². The van der Waals surface area contributed by atoms with Crippen molar-refractivity contribution in [2.75, 3.05) is 40.1 Å². The maximum atomic E-state index is 13.7. The highest BCUT2D eigenvalue weighted by Crippen LogP contribution is 2.44. The third kappa shape index (κ3) is 25.1. The van der Waals surface area contributed by atoms with Crippen LogP contribution in [0.5, 0.6) is 11.5 Å². The van der Waals surface area contributed by atoms with Gasteiger partial charge in [-0.05, 0) is 24.3 Å². The molecule has 8 rings (SSSR count). The van der Waals surface area contributed by atoms with E-state index in [1.165, 1.54) is 7.11 Å². The van der Waals surface area contributed by atoms with E-state index in [1.54, 1.807) is 24.3 Å². The second-order valence-corrected chi connectivity index (χ2v) is 26.5. The average Bonchev–Trinajstić information content (AvgIpc) is 0.754. The molecule has 0 spiro atoms. The lowest BCUT2D eigenvalue weighted by molar-refractivity contribution is -0.398. The number of carbonyl (C=O) groups excluding carboxylic acids is 14. The maximum Gasteiger partial charge on any atom is 0.303 e. The lowest BCUT2D eigenvalue weighted by atomic mass is 9.94. The molecule has 6 fully saturated rings. The molecular formula is C72H89NO43. The van der Waals surface area contributed by atoms with Gasteiger partial charge in [-0.25, -0.2) is 0 Å². The van der Waals surface area contributed by atoms with Gasteiger partial charge in [0.2, 0.25) is 12.4 Å². The number of nitro groups is 1. The molecule has 26 atom stereocenters. The molecule has 0 aliphatic carbocycles. The van der Waals surface area contributed by atoms with Crippen LogP contribution < -0.4 is 9.47 Å². The molecule has 6 heterocycles. The van der Waals surface area contributed by atoms with Crippen molar-refractivity contribution in [3.8, 4) is 11.5 Å². The summed E-state index contributed by atoms with van der Waals surface area (Å²) in [5.74, 6) is -14.8. The van der Waals surface area contributed by atoms with E-state index in [-0.39, 0.29) is 18.0 Å². The summed E-state index contributed by atoms with van der Waals surface area (Å²) in [7, 11) is 1.46. The summed E-state index contributed by atoms with van der Waals surface area (Å²) in [5.41, 5.74) is 0.0888. The summed E-state index contributed by atoms with van der Waals surface area (Å²) < 4.78 is 163. The van der Waals surface area contributed by atoms with Crippen LogP contribution in [0.15, 0.2) is 48.5 Å². The van der Waals surface area contributed by atoms with Gasteiger partial charge < -0.3 is 128 Å². The number of hydrogen-bond acceptors (Lipinski definition) is 43. The third-order valence-corrected chi connectivity index (χ3v) is 17.3. The smallest absolute Gasteiger partial charge is 0.303 e. The van der Waals surface area contributed by atoms with Gasteiger partial charge in [-0.1, -0.05) is 12.1 Å². The monoisotopic (exact) mass is 1660 g/mol. The Bertz CT molecular complexity index is 3850. The molecule has 0 N–H and O–H groups in total. The van der Waals surface area contributed by atoms with E-state index in [4.69, 9.17) is 128 Å². The molecule has 6 saturated heterocycles. The number of ether oxygens (including phenoxy) is 27. The average molecular weight is 1660 g/mol. The summed E-state index contributed by atoms with van der Waals surface area (Å²) in [6.45, 7) is 8.96. The molecule has 2 aromatic rings. The lowest BCUT2D eigenvalue weighted by Crippen LogP contribution is -2.70. The lowest BCUT2D eigenvalue weighted by Gasteiger charge is -2.52. The fraction of sp³-hybridized carbons (Fsp3) is 0.639. The van der Waals surface area contributed by atoms with Gasteiger partial charge in [-0.2, -0.15) is 0 Å². The molecule has 116 heavy (non-hydrogen) atoms. The molecule has 0 radical (unpaired) electrons. The number of fused-ring (bicyclic) bond motifs is 1. The molecule has 0 saturated carbocycles. The van der Waals surface area contributed by atoms with E-state index in [9.17, 15) is 77.2 Å². The van der Waals surface area contributed by atoms with Gasteiger partial charge in [0.1, 0.15) is 99.0 Å². The Kier molecular flexibility index (Phi) is 32.5. The summed E-state index contributed by atoms with van der Waals surface area (Å²) in [4.78, 5) is 196. The minimum Gasteiger partial charge on any atom is -0.497 e. The van der Waals surface area contributed by atoms with Crippen LogP contribution in [0.25, 0.3) is 0 Å². The maximum absolute atomic E-state index is 13.7. The fourth-order valence-corrected chi connectivity index (χ4v) is 13.1. The van der Waals surface area contributed by atoms with Gasteiger partial charge in [-0.3, -0.25) is 77.2 Å². The van der Waals surface area contributed by atoms with E-state index in [0.717, 1.165) is 121 Å². The Morgan fingerprint density at radius 3 is 0.888 bits per heavy atom. The van der Waals surface area contributed by atoms with Crippen molar-refractivity contribution in [1.82, 2.24) is 0 Å². The van der Waals surface area contributed by atoms with Crippen LogP contribution in [0, 0.1) is 10.1 Å². The van der Waals surface area contributed by atoms with Gasteiger partial charge in [0.15, 0.2) is 86.4 Å². The van der Waals surface area contributed by atoms with E-state index >= 15 is 0 Å².